The number of carbonyl (C=O) groups excluding carboxylic acids is 3. The summed E-state index contributed by atoms with van der Waals surface area (Å²) in [7, 11) is 0. The minimum Gasteiger partial charge on any atom is -0.452 e. The van der Waals surface area contributed by atoms with Crippen molar-refractivity contribution in [2.75, 3.05) is 37.7 Å². The maximum Gasteiger partial charge on any atom is 0.338 e. The monoisotopic (exact) mass is 390 g/mol. The molecule has 1 aromatic rings. The lowest BCUT2D eigenvalue weighted by Crippen LogP contribution is -2.37. The molecule has 0 aliphatic carbocycles. The Hall–Kier alpha value is -3.17. The van der Waals surface area contributed by atoms with Crippen LogP contribution in [0.15, 0.2) is 18.2 Å². The van der Waals surface area contributed by atoms with E-state index in [-0.39, 0.29) is 17.8 Å². The summed E-state index contributed by atoms with van der Waals surface area (Å²) < 4.78 is 4.94. The molecule has 3 amide bonds. The Balaban J connectivity index is 1.70. The second-order valence-corrected chi connectivity index (χ2v) is 7.01. The van der Waals surface area contributed by atoms with E-state index in [1.54, 1.807) is 6.07 Å². The van der Waals surface area contributed by atoms with Gasteiger partial charge in [-0.2, -0.15) is 0 Å². The molecule has 10 nitrogen and oxygen atoms in total. The molecule has 0 saturated carbocycles. The number of nitrogens with one attached hydrogen (secondary N) is 1. The molecule has 2 heterocycles. The molecule has 1 aromatic carbocycles. The maximum atomic E-state index is 12.2. The minimum atomic E-state index is -0.852. The molecule has 150 valence electrons. The number of amides is 3. The van der Waals surface area contributed by atoms with Crippen molar-refractivity contribution in [3.63, 3.8) is 0 Å². The Labute approximate surface area is 161 Å². The van der Waals surface area contributed by atoms with Crippen LogP contribution >= 0.6 is 0 Å². The third kappa shape index (κ3) is 4.21. The third-order valence-corrected chi connectivity index (χ3v) is 4.89. The summed E-state index contributed by atoms with van der Waals surface area (Å²) in [6, 6.07) is 3.64. The van der Waals surface area contributed by atoms with Crippen LogP contribution in [0.4, 0.5) is 16.2 Å². The van der Waals surface area contributed by atoms with Crippen LogP contribution in [-0.2, 0) is 9.53 Å². The number of nitro benzene ring substituents is 1. The number of urea groups is 1. The van der Waals surface area contributed by atoms with Gasteiger partial charge in [0.05, 0.1) is 10.5 Å². The highest BCUT2D eigenvalue weighted by molar-refractivity contribution is 5.98. The third-order valence-electron chi connectivity index (χ3n) is 4.89. The van der Waals surface area contributed by atoms with Crippen molar-refractivity contribution in [2.45, 2.75) is 19.8 Å². The van der Waals surface area contributed by atoms with Gasteiger partial charge in [0.2, 0.25) is 0 Å². The normalized spacial score (nSPS) is 19.3. The summed E-state index contributed by atoms with van der Waals surface area (Å²) in [6.07, 6.45) is 2.03. The number of rotatable bonds is 5. The molecular formula is C18H22N4O6. The maximum absolute atomic E-state index is 12.2. The number of benzene rings is 1. The van der Waals surface area contributed by atoms with Crippen LogP contribution in [0.25, 0.3) is 0 Å². The summed E-state index contributed by atoms with van der Waals surface area (Å²) >= 11 is 0. The number of ether oxygens (including phenoxy) is 1. The summed E-state index contributed by atoms with van der Waals surface area (Å²) in [5.74, 6) is -1.06. The summed E-state index contributed by atoms with van der Waals surface area (Å²) in [6.45, 7) is 3.50. The predicted molar refractivity (Wildman–Crippen MR) is 99.1 cm³/mol. The molecule has 0 radical (unpaired) electrons. The highest BCUT2D eigenvalue weighted by Gasteiger charge is 2.28. The van der Waals surface area contributed by atoms with Gasteiger partial charge in [0.25, 0.3) is 11.6 Å². The standard InChI is InChI=1S/C18H22N4O6/c1-12-3-2-7-20(10-12)14-5-4-13(9-15(14)22(26)27)17(24)28-11-16(23)21-8-6-19-18(21)25/h4-5,9,12H,2-3,6-8,10-11H2,1H3,(H,19,25)/t12-/m0/s1. The van der Waals surface area contributed by atoms with Crippen LogP contribution in [0.3, 0.4) is 0 Å². The Bertz CT molecular complexity index is 811. The van der Waals surface area contributed by atoms with Gasteiger partial charge in [0.1, 0.15) is 5.69 Å². The van der Waals surface area contributed by atoms with Crippen molar-refractivity contribution in [1.82, 2.24) is 10.2 Å². The Morgan fingerprint density at radius 3 is 2.79 bits per heavy atom. The number of piperidine rings is 1. The molecule has 3 rings (SSSR count). The number of nitro groups is 1. The lowest BCUT2D eigenvalue weighted by atomic mass is 9.99. The Kier molecular flexibility index (Phi) is 5.76. The zero-order valence-corrected chi connectivity index (χ0v) is 15.6. The first-order valence-electron chi connectivity index (χ1n) is 9.15. The second kappa shape index (κ2) is 8.24. The quantitative estimate of drug-likeness (QED) is 0.460. The van der Waals surface area contributed by atoms with E-state index in [1.165, 1.54) is 12.1 Å². The van der Waals surface area contributed by atoms with E-state index in [9.17, 15) is 24.5 Å². The number of imide groups is 1. The predicted octanol–water partition coefficient (Wildman–Crippen LogP) is 1.54. The smallest absolute Gasteiger partial charge is 0.338 e. The largest absolute Gasteiger partial charge is 0.452 e. The van der Waals surface area contributed by atoms with Gasteiger partial charge >= 0.3 is 12.0 Å². The van der Waals surface area contributed by atoms with Gasteiger partial charge in [-0.25, -0.2) is 9.59 Å². The van der Waals surface area contributed by atoms with E-state index >= 15 is 0 Å². The van der Waals surface area contributed by atoms with Crippen LogP contribution in [0, 0.1) is 16.0 Å². The Morgan fingerprint density at radius 2 is 2.14 bits per heavy atom. The van der Waals surface area contributed by atoms with Crippen LogP contribution in [0.5, 0.6) is 0 Å². The second-order valence-electron chi connectivity index (χ2n) is 7.01. The fourth-order valence-corrected chi connectivity index (χ4v) is 3.47. The molecule has 0 aromatic heterocycles. The van der Waals surface area contributed by atoms with Crippen molar-refractivity contribution in [3.8, 4) is 0 Å². The van der Waals surface area contributed by atoms with Crippen molar-refractivity contribution in [1.29, 1.82) is 0 Å². The van der Waals surface area contributed by atoms with E-state index in [1.807, 2.05) is 4.90 Å². The highest BCUT2D eigenvalue weighted by Crippen LogP contribution is 2.32. The first-order valence-corrected chi connectivity index (χ1v) is 9.15. The van der Waals surface area contributed by atoms with Crippen molar-refractivity contribution in [2.24, 2.45) is 5.92 Å². The van der Waals surface area contributed by atoms with Gasteiger partial charge in [0.15, 0.2) is 6.61 Å². The minimum absolute atomic E-state index is 0.0146. The van der Waals surface area contributed by atoms with Gasteiger partial charge in [-0.15, -0.1) is 0 Å². The van der Waals surface area contributed by atoms with Crippen LogP contribution < -0.4 is 10.2 Å². The lowest BCUT2D eigenvalue weighted by molar-refractivity contribution is -0.384. The molecule has 2 aliphatic heterocycles. The molecule has 10 heteroatoms. The number of carbonyl (C=O) groups is 3. The molecule has 0 unspecified atom stereocenters. The number of esters is 1. The number of hydrogen-bond donors (Lipinski definition) is 1. The van der Waals surface area contributed by atoms with E-state index in [0.29, 0.717) is 18.2 Å². The average molecular weight is 390 g/mol. The molecule has 0 spiro atoms. The molecular weight excluding hydrogens is 368 g/mol. The molecule has 1 atom stereocenters. The average Bonchev–Trinajstić information content (AvgIpc) is 3.11. The molecule has 1 N–H and O–H groups in total. The number of hydrogen-bond acceptors (Lipinski definition) is 7. The van der Waals surface area contributed by atoms with Crippen molar-refractivity contribution in [3.05, 3.63) is 33.9 Å². The Morgan fingerprint density at radius 1 is 1.36 bits per heavy atom. The highest BCUT2D eigenvalue weighted by atomic mass is 16.6. The van der Waals surface area contributed by atoms with Gasteiger partial charge in [0, 0.05) is 32.2 Å². The van der Waals surface area contributed by atoms with Gasteiger partial charge in [-0.05, 0) is 30.9 Å². The lowest BCUT2D eigenvalue weighted by Gasteiger charge is -2.32. The first kappa shape index (κ1) is 19.6. The summed E-state index contributed by atoms with van der Waals surface area (Å²) in [5.41, 5.74) is 0.283. The first-order chi connectivity index (χ1) is 13.4. The fraction of sp³-hybridized carbons (Fsp3) is 0.500. The number of nitrogens with zero attached hydrogens (tertiary/aromatic N) is 3. The molecule has 2 fully saturated rings. The molecule has 28 heavy (non-hydrogen) atoms. The summed E-state index contributed by atoms with van der Waals surface area (Å²) in [4.78, 5) is 49.5. The topological polar surface area (TPSA) is 122 Å². The summed E-state index contributed by atoms with van der Waals surface area (Å²) in [5, 5.41) is 14.0. The van der Waals surface area contributed by atoms with Crippen LogP contribution in [-0.4, -0.2) is 60.5 Å². The number of anilines is 1. The van der Waals surface area contributed by atoms with Gasteiger partial charge in [-0.3, -0.25) is 19.8 Å². The van der Waals surface area contributed by atoms with Crippen LogP contribution in [0.2, 0.25) is 0 Å². The molecule has 2 saturated heterocycles. The van der Waals surface area contributed by atoms with Crippen molar-refractivity contribution >= 4 is 29.3 Å². The van der Waals surface area contributed by atoms with Crippen molar-refractivity contribution < 1.29 is 24.0 Å². The van der Waals surface area contributed by atoms with E-state index in [4.69, 9.17) is 4.74 Å². The SMILES string of the molecule is C[C@H]1CCCN(c2ccc(C(=O)OCC(=O)N3CCNC3=O)cc2[N+](=O)[O-])C1. The van der Waals surface area contributed by atoms with Crippen LogP contribution in [0.1, 0.15) is 30.1 Å². The molecule has 2 aliphatic rings. The van der Waals surface area contributed by atoms with E-state index in [0.717, 1.165) is 30.8 Å². The molecule has 0 bridgehead atoms. The zero-order valence-electron chi connectivity index (χ0n) is 15.6. The van der Waals surface area contributed by atoms with Gasteiger partial charge in [-0.1, -0.05) is 6.92 Å². The van der Waals surface area contributed by atoms with E-state index < -0.39 is 29.4 Å². The van der Waals surface area contributed by atoms with E-state index in [2.05, 4.69) is 12.2 Å². The van der Waals surface area contributed by atoms with Gasteiger partial charge < -0.3 is 15.0 Å². The zero-order chi connectivity index (χ0) is 20.3. The fourth-order valence-electron chi connectivity index (χ4n) is 3.47.